The summed E-state index contributed by atoms with van der Waals surface area (Å²) in [5, 5.41) is 7.93. The normalized spacial score (nSPS) is 14.1. The summed E-state index contributed by atoms with van der Waals surface area (Å²) in [6, 6.07) is 44.0. The maximum Gasteiger partial charge on any atom is 0.182 e. The summed E-state index contributed by atoms with van der Waals surface area (Å²) < 4.78 is 0. The monoisotopic (exact) mass is 584 g/mol. The third kappa shape index (κ3) is 5.36. The number of hydrogen-bond acceptors (Lipinski definition) is 1. The first-order valence-electron chi connectivity index (χ1n) is 15.7. The van der Waals surface area contributed by atoms with Crippen LogP contribution in [0, 0.1) is 0 Å². The van der Waals surface area contributed by atoms with Crippen LogP contribution >= 0.6 is 0 Å². The fourth-order valence-electron chi connectivity index (χ4n) is 7.03. The van der Waals surface area contributed by atoms with Crippen LogP contribution in [0.4, 0.5) is 0 Å². The highest BCUT2D eigenvalue weighted by molar-refractivity contribution is 7.11. The quantitative estimate of drug-likeness (QED) is 0.159. The second kappa shape index (κ2) is 13.2. The average Bonchev–Trinajstić information content (AvgIpc) is 3.34. The van der Waals surface area contributed by atoms with Crippen LogP contribution in [0.1, 0.15) is 52.4 Å². The highest BCUT2D eigenvalue weighted by Crippen LogP contribution is 2.43. The van der Waals surface area contributed by atoms with Gasteiger partial charge in [-0.2, -0.15) is 0 Å². The van der Waals surface area contributed by atoms with E-state index >= 15 is 4.79 Å². The minimum atomic E-state index is -2.64. The fraction of sp³-hybridized carbons (Fsp3) is 0.256. The Bertz CT molecular complexity index is 1480. The molecule has 1 aliphatic carbocycles. The summed E-state index contributed by atoms with van der Waals surface area (Å²) in [6.07, 6.45) is 6.09. The van der Waals surface area contributed by atoms with Gasteiger partial charge in [-0.25, -0.2) is 0 Å². The zero-order valence-electron chi connectivity index (χ0n) is 25.7. The lowest BCUT2D eigenvalue weighted by Gasteiger charge is -2.35. The first-order valence-corrected chi connectivity index (χ1v) is 20.7. The van der Waals surface area contributed by atoms with E-state index in [4.69, 9.17) is 0 Å². The molecule has 5 rings (SSSR count). The Morgan fingerprint density at radius 1 is 0.452 bits per heavy atom. The Balaban J connectivity index is 1.89. The molecule has 0 aliphatic heterocycles. The van der Waals surface area contributed by atoms with Gasteiger partial charge in [0.05, 0.1) is 0 Å². The molecule has 0 saturated heterocycles. The predicted octanol–water partition coefficient (Wildman–Crippen LogP) is 7.41. The van der Waals surface area contributed by atoms with Gasteiger partial charge >= 0.3 is 0 Å². The van der Waals surface area contributed by atoms with Crippen molar-refractivity contribution in [3.05, 3.63) is 143 Å². The lowest BCUT2D eigenvalue weighted by atomic mass is 10.1. The minimum Gasteiger partial charge on any atom is -0.290 e. The highest BCUT2D eigenvalue weighted by atomic mass is 28.3. The molecule has 0 aromatic heterocycles. The van der Waals surface area contributed by atoms with Crippen LogP contribution in [0.25, 0.3) is 0 Å². The Hall–Kier alpha value is -3.54. The number of hydrogen-bond donors (Lipinski definition) is 0. The van der Waals surface area contributed by atoms with Gasteiger partial charge in [-0.05, 0) is 68.0 Å². The van der Waals surface area contributed by atoms with E-state index < -0.39 is 16.1 Å². The summed E-state index contributed by atoms with van der Waals surface area (Å²) in [7, 11) is -5.17. The summed E-state index contributed by atoms with van der Waals surface area (Å²) >= 11 is 0. The molecule has 1 nitrogen and oxygen atoms in total. The molecule has 0 atom stereocenters. The standard InChI is InChI=1S/C39H44OSi2/c1-5-7-29-35-37(40)39(42(4,33-25-17-11-18-26-33)34-27-19-12-20-28-34)36(30-8-6-2)38(35)41(3,31-21-13-9-14-22-31)32-23-15-10-16-24-32/h9-28H,5-8,29-30H2,1-4H3. The molecule has 4 aromatic rings. The summed E-state index contributed by atoms with van der Waals surface area (Å²) in [5.74, 6) is 0.331. The van der Waals surface area contributed by atoms with Crippen LogP contribution in [0.15, 0.2) is 143 Å². The van der Waals surface area contributed by atoms with Crippen molar-refractivity contribution in [2.45, 2.75) is 65.5 Å². The van der Waals surface area contributed by atoms with E-state index in [9.17, 15) is 0 Å². The van der Waals surface area contributed by atoms with Crippen molar-refractivity contribution < 1.29 is 4.79 Å². The fourth-order valence-corrected chi connectivity index (χ4v) is 15.6. The van der Waals surface area contributed by atoms with Crippen molar-refractivity contribution in [1.29, 1.82) is 0 Å². The number of benzene rings is 4. The zero-order chi connectivity index (χ0) is 29.6. The third-order valence-corrected chi connectivity index (χ3v) is 18.5. The van der Waals surface area contributed by atoms with Crippen molar-refractivity contribution in [2.75, 3.05) is 0 Å². The van der Waals surface area contributed by atoms with Crippen molar-refractivity contribution in [1.82, 2.24) is 0 Å². The number of unbranched alkanes of at least 4 members (excludes halogenated alkanes) is 2. The number of rotatable bonds is 12. The van der Waals surface area contributed by atoms with Gasteiger partial charge in [0.1, 0.15) is 8.07 Å². The molecule has 0 unspecified atom stereocenters. The van der Waals surface area contributed by atoms with Gasteiger partial charge in [0.2, 0.25) is 0 Å². The van der Waals surface area contributed by atoms with E-state index in [0.717, 1.165) is 49.3 Å². The molecule has 214 valence electrons. The predicted molar refractivity (Wildman–Crippen MR) is 186 cm³/mol. The van der Waals surface area contributed by atoms with Gasteiger partial charge < -0.3 is 0 Å². The van der Waals surface area contributed by atoms with Crippen molar-refractivity contribution in [3.8, 4) is 0 Å². The second-order valence-corrected chi connectivity index (χ2v) is 19.8. The molecular formula is C39H44OSi2. The van der Waals surface area contributed by atoms with E-state index in [1.807, 2.05) is 0 Å². The molecular weight excluding hydrogens is 541 g/mol. The molecule has 1 aliphatic rings. The van der Waals surface area contributed by atoms with E-state index in [0.29, 0.717) is 5.78 Å². The molecule has 42 heavy (non-hydrogen) atoms. The molecule has 4 aromatic carbocycles. The smallest absolute Gasteiger partial charge is 0.182 e. The minimum absolute atomic E-state index is 0.331. The molecule has 0 fully saturated rings. The van der Waals surface area contributed by atoms with Gasteiger partial charge in [-0.3, -0.25) is 4.79 Å². The molecule has 0 amide bonds. The summed E-state index contributed by atoms with van der Waals surface area (Å²) in [6.45, 7) is 9.45. The van der Waals surface area contributed by atoms with Gasteiger partial charge in [0.25, 0.3) is 0 Å². The first kappa shape index (κ1) is 29.9. The molecule has 0 radical (unpaired) electrons. The summed E-state index contributed by atoms with van der Waals surface area (Å²) in [4.78, 5) is 15.2. The topological polar surface area (TPSA) is 17.1 Å². The lowest BCUT2D eigenvalue weighted by Crippen LogP contribution is -2.60. The number of allylic oxidation sites excluding steroid dienone is 4. The van der Waals surface area contributed by atoms with E-state index in [1.165, 1.54) is 31.5 Å². The van der Waals surface area contributed by atoms with Gasteiger partial charge in [0.15, 0.2) is 13.9 Å². The summed E-state index contributed by atoms with van der Waals surface area (Å²) in [5.41, 5.74) is 2.47. The molecule has 0 saturated carbocycles. The molecule has 3 heteroatoms. The van der Waals surface area contributed by atoms with E-state index in [2.05, 4.69) is 148 Å². The molecule has 0 heterocycles. The number of ketones is 1. The molecule has 0 N–H and O–H groups in total. The largest absolute Gasteiger partial charge is 0.290 e. The van der Waals surface area contributed by atoms with Crippen molar-refractivity contribution in [2.24, 2.45) is 0 Å². The van der Waals surface area contributed by atoms with Gasteiger partial charge in [0, 0.05) is 0 Å². The SMILES string of the molecule is CCCCC1=C([Si](C)(c2ccccc2)c2ccccc2)C(=O)C(CCCC)=C1[Si](C)(c1ccccc1)c1ccccc1. The van der Waals surface area contributed by atoms with Gasteiger partial charge in [-0.1, -0.05) is 161 Å². The Labute approximate surface area is 255 Å². The van der Waals surface area contributed by atoms with Crippen LogP contribution in [0.5, 0.6) is 0 Å². The highest BCUT2D eigenvalue weighted by Gasteiger charge is 2.50. The zero-order valence-corrected chi connectivity index (χ0v) is 27.7. The van der Waals surface area contributed by atoms with Crippen molar-refractivity contribution >= 4 is 42.7 Å². The van der Waals surface area contributed by atoms with Crippen LogP contribution in [0.3, 0.4) is 0 Å². The van der Waals surface area contributed by atoms with Crippen LogP contribution < -0.4 is 20.7 Å². The Morgan fingerprint density at radius 2 is 0.762 bits per heavy atom. The van der Waals surface area contributed by atoms with Crippen molar-refractivity contribution in [3.63, 3.8) is 0 Å². The van der Waals surface area contributed by atoms with Gasteiger partial charge in [-0.15, -0.1) is 0 Å². The average molecular weight is 585 g/mol. The van der Waals surface area contributed by atoms with Crippen LogP contribution in [-0.4, -0.2) is 21.9 Å². The van der Waals surface area contributed by atoms with Crippen LogP contribution in [-0.2, 0) is 4.79 Å². The molecule has 0 spiro atoms. The maximum absolute atomic E-state index is 15.2. The van der Waals surface area contributed by atoms with E-state index in [1.54, 1.807) is 0 Å². The number of carbonyl (C=O) groups excluding carboxylic acids is 1. The van der Waals surface area contributed by atoms with Crippen LogP contribution in [0.2, 0.25) is 13.1 Å². The second-order valence-electron chi connectivity index (χ2n) is 12.0. The van der Waals surface area contributed by atoms with E-state index in [-0.39, 0.29) is 0 Å². The number of Topliss-reactive ketones (excluding diaryl/α,β-unsaturated/α-hetero) is 1. The maximum atomic E-state index is 15.2. The Kier molecular flexibility index (Phi) is 9.40. The first-order chi connectivity index (χ1) is 20.5. The number of carbonyl (C=O) groups is 1. The Morgan fingerprint density at radius 3 is 1.10 bits per heavy atom. The molecule has 0 bridgehead atoms. The third-order valence-electron chi connectivity index (χ3n) is 9.37. The lowest BCUT2D eigenvalue weighted by molar-refractivity contribution is -0.111.